The molecule has 0 amide bonds. The van der Waals surface area contributed by atoms with Crippen LogP contribution in [0.5, 0.6) is 0 Å². The third-order valence-corrected chi connectivity index (χ3v) is 12.0. The molecular weight excluding hydrogens is 865 g/mol. The Morgan fingerprint density at radius 1 is 0.222 bits per heavy atom. The van der Waals surface area contributed by atoms with Crippen LogP contribution >= 0.6 is 0 Å². The van der Waals surface area contributed by atoms with Crippen LogP contribution in [-0.2, 0) is 6.42 Å². The molecule has 0 atom stereocenters. The maximum Gasteiger partial charge on any atom is -0.00196 e. The van der Waals surface area contributed by atoms with Crippen molar-refractivity contribution in [3.05, 3.63) is 322 Å². The fraction of sp³-hybridized carbons (Fsp3) is 0.167. The molecule has 0 aliphatic rings. The molecule has 0 radical (unpaired) electrons. The molecular formula is C72H78. The van der Waals surface area contributed by atoms with Crippen molar-refractivity contribution in [2.45, 2.75) is 83.1 Å². The number of hydrogen-bond acceptors (Lipinski definition) is 0. The molecule has 0 heterocycles. The SMILES string of the molecule is C.Cc1ccc(-c2ccc(C)cc2)cc1.Cc1ccc(C)c(-c2ccccc2C)c1.Cc1ccc(Cc2ccccc2)c(-c2ccccc2C)c1.Cc1ccccc1.Cc1ccccc1.Cc1ccccc1. The summed E-state index contributed by atoms with van der Waals surface area (Å²) in [5, 5.41) is 0. The zero-order valence-electron chi connectivity index (χ0n) is 44.0. The first-order valence-corrected chi connectivity index (χ1v) is 24.9. The van der Waals surface area contributed by atoms with E-state index >= 15 is 0 Å². The molecule has 0 unspecified atom stereocenters. The summed E-state index contributed by atoms with van der Waals surface area (Å²) in [5.41, 5.74) is 23.9. The minimum atomic E-state index is 0. The fourth-order valence-corrected chi connectivity index (χ4v) is 7.78. The lowest BCUT2D eigenvalue weighted by molar-refractivity contribution is 1.19. The van der Waals surface area contributed by atoms with E-state index in [2.05, 4.69) is 269 Å². The van der Waals surface area contributed by atoms with Gasteiger partial charge >= 0.3 is 0 Å². The first-order chi connectivity index (χ1) is 34.4. The van der Waals surface area contributed by atoms with Gasteiger partial charge in [-0.2, -0.15) is 0 Å². The predicted octanol–water partition coefficient (Wildman–Crippen LogP) is 20.4. The summed E-state index contributed by atoms with van der Waals surface area (Å²) in [6.45, 7) is 21.3. The van der Waals surface area contributed by atoms with Gasteiger partial charge in [-0.3, -0.25) is 0 Å². The van der Waals surface area contributed by atoms with E-state index in [0.29, 0.717) is 0 Å². The quantitative estimate of drug-likeness (QED) is 0.161. The van der Waals surface area contributed by atoms with Crippen LogP contribution in [0.4, 0.5) is 0 Å². The second-order valence-electron chi connectivity index (χ2n) is 18.5. The number of rotatable bonds is 5. The Balaban J connectivity index is 0.000000197. The van der Waals surface area contributed by atoms with Crippen molar-refractivity contribution in [1.29, 1.82) is 0 Å². The smallest absolute Gasteiger partial charge is 0.00196 e. The molecule has 366 valence electrons. The minimum Gasteiger partial charge on any atom is -0.0776 e. The van der Waals surface area contributed by atoms with E-state index < -0.39 is 0 Å². The number of hydrogen-bond donors (Lipinski definition) is 0. The monoisotopic (exact) mass is 943 g/mol. The molecule has 10 aromatic carbocycles. The van der Waals surface area contributed by atoms with E-state index in [0.717, 1.165) is 6.42 Å². The van der Waals surface area contributed by atoms with E-state index in [-0.39, 0.29) is 7.43 Å². The van der Waals surface area contributed by atoms with Gasteiger partial charge in [0.1, 0.15) is 0 Å². The number of benzene rings is 10. The molecule has 0 N–H and O–H groups in total. The van der Waals surface area contributed by atoms with E-state index in [9.17, 15) is 0 Å². The van der Waals surface area contributed by atoms with E-state index in [4.69, 9.17) is 0 Å². The highest BCUT2D eigenvalue weighted by Crippen LogP contribution is 2.30. The molecule has 72 heavy (non-hydrogen) atoms. The average molecular weight is 943 g/mol. The van der Waals surface area contributed by atoms with Gasteiger partial charge in [-0.05, 0) is 137 Å². The first-order valence-electron chi connectivity index (χ1n) is 24.9. The molecule has 0 nitrogen and oxygen atoms in total. The van der Waals surface area contributed by atoms with Gasteiger partial charge in [-0.25, -0.2) is 0 Å². The van der Waals surface area contributed by atoms with Gasteiger partial charge in [0.15, 0.2) is 0 Å². The summed E-state index contributed by atoms with van der Waals surface area (Å²) >= 11 is 0. The Morgan fingerprint density at radius 2 is 0.514 bits per heavy atom. The van der Waals surface area contributed by atoms with E-state index in [1.165, 1.54) is 100 Å². The second-order valence-corrected chi connectivity index (χ2v) is 18.5. The molecule has 0 heteroatoms. The van der Waals surface area contributed by atoms with Crippen molar-refractivity contribution in [2.75, 3.05) is 0 Å². The highest BCUT2D eigenvalue weighted by Gasteiger charge is 2.09. The van der Waals surface area contributed by atoms with Gasteiger partial charge in [-0.15, -0.1) is 0 Å². The molecule has 0 fully saturated rings. The zero-order chi connectivity index (χ0) is 50.8. The maximum atomic E-state index is 2.31. The Bertz CT molecular complexity index is 2900. The molecule has 0 spiro atoms. The number of aryl methyl sites for hydroxylation is 10. The van der Waals surface area contributed by atoms with Crippen molar-refractivity contribution in [3.8, 4) is 33.4 Å². The summed E-state index contributed by atoms with van der Waals surface area (Å²) in [6, 6.07) is 89.3. The van der Waals surface area contributed by atoms with Crippen molar-refractivity contribution in [2.24, 2.45) is 0 Å². The molecule has 10 aromatic rings. The van der Waals surface area contributed by atoms with Gasteiger partial charge in [0.25, 0.3) is 0 Å². The molecule has 0 saturated carbocycles. The van der Waals surface area contributed by atoms with E-state index in [1.807, 2.05) is 54.6 Å². The Morgan fingerprint density at radius 3 is 0.889 bits per heavy atom. The van der Waals surface area contributed by atoms with Gasteiger partial charge < -0.3 is 0 Å². The lowest BCUT2D eigenvalue weighted by Gasteiger charge is -2.13. The van der Waals surface area contributed by atoms with Crippen LogP contribution in [0, 0.1) is 69.2 Å². The first kappa shape index (κ1) is 56.8. The van der Waals surface area contributed by atoms with Crippen LogP contribution in [0.15, 0.2) is 255 Å². The normalized spacial score (nSPS) is 9.75. The van der Waals surface area contributed by atoms with Crippen molar-refractivity contribution in [3.63, 3.8) is 0 Å². The fourth-order valence-electron chi connectivity index (χ4n) is 7.78. The summed E-state index contributed by atoms with van der Waals surface area (Å²) < 4.78 is 0. The van der Waals surface area contributed by atoms with Crippen LogP contribution in [0.1, 0.15) is 74.2 Å². The van der Waals surface area contributed by atoms with Crippen LogP contribution in [0.25, 0.3) is 33.4 Å². The Kier molecular flexibility index (Phi) is 24.2. The highest BCUT2D eigenvalue weighted by molar-refractivity contribution is 5.72. The molecule has 10 rings (SSSR count). The van der Waals surface area contributed by atoms with Crippen LogP contribution in [0.2, 0.25) is 0 Å². The second kappa shape index (κ2) is 30.7. The zero-order valence-corrected chi connectivity index (χ0v) is 44.0. The third kappa shape index (κ3) is 19.9. The molecule has 0 aliphatic carbocycles. The molecule has 0 aliphatic heterocycles. The minimum absolute atomic E-state index is 0. The Labute approximate surface area is 435 Å². The summed E-state index contributed by atoms with van der Waals surface area (Å²) in [4.78, 5) is 0. The largest absolute Gasteiger partial charge is 0.0776 e. The third-order valence-electron chi connectivity index (χ3n) is 12.0. The van der Waals surface area contributed by atoms with Crippen molar-refractivity contribution >= 4 is 0 Å². The highest BCUT2D eigenvalue weighted by atomic mass is 14.1. The van der Waals surface area contributed by atoms with Gasteiger partial charge in [0.05, 0.1) is 0 Å². The molecule has 0 aromatic heterocycles. The van der Waals surface area contributed by atoms with Crippen molar-refractivity contribution < 1.29 is 0 Å². The topological polar surface area (TPSA) is 0 Å². The van der Waals surface area contributed by atoms with Crippen LogP contribution in [-0.4, -0.2) is 0 Å². The molecule has 0 bridgehead atoms. The lowest BCUT2D eigenvalue weighted by atomic mass is 9.91. The lowest BCUT2D eigenvalue weighted by Crippen LogP contribution is -1.94. The van der Waals surface area contributed by atoms with Crippen molar-refractivity contribution in [1.82, 2.24) is 0 Å². The van der Waals surface area contributed by atoms with Gasteiger partial charge in [0, 0.05) is 0 Å². The summed E-state index contributed by atoms with van der Waals surface area (Å²) in [5.74, 6) is 0. The predicted molar refractivity (Wildman–Crippen MR) is 318 cm³/mol. The van der Waals surface area contributed by atoms with Crippen LogP contribution < -0.4 is 0 Å². The summed E-state index contributed by atoms with van der Waals surface area (Å²) in [6.07, 6.45) is 0.977. The maximum absolute atomic E-state index is 2.31. The van der Waals surface area contributed by atoms with Gasteiger partial charge in [-0.1, -0.05) is 301 Å². The summed E-state index contributed by atoms with van der Waals surface area (Å²) in [7, 11) is 0. The molecule has 0 saturated heterocycles. The van der Waals surface area contributed by atoms with E-state index in [1.54, 1.807) is 0 Å². The average Bonchev–Trinajstić information content (AvgIpc) is 3.38. The Hall–Kier alpha value is -7.80. The van der Waals surface area contributed by atoms with Gasteiger partial charge in [0.2, 0.25) is 0 Å². The standard InChI is InChI=1S/C21H20.C15H16.C14H14.3C7H8.CH4/c1-16-12-13-19(15-18-9-4-3-5-10-18)21(14-16)20-11-7-6-8-17(20)2;1-11-8-9-13(3)15(10-11)14-7-5-4-6-12(14)2;1-11-3-7-13(8-4-11)14-9-5-12(2)6-10-14;3*1-7-5-3-2-4-6-7;/h3-14H,15H2,1-2H3;4-10H,1-3H3;3-10H,1-2H3;3*2-6H,1H3;1H4. The van der Waals surface area contributed by atoms with Crippen LogP contribution in [0.3, 0.4) is 0 Å².